The Morgan fingerprint density at radius 3 is 1.33 bits per heavy atom. The van der Waals surface area contributed by atoms with Gasteiger partial charge in [0, 0.05) is 129 Å². The molecule has 1 unspecified atom stereocenters. The van der Waals surface area contributed by atoms with Crippen molar-refractivity contribution in [2.75, 3.05) is 117 Å². The molecule has 3 N–H and O–H groups in total. The number of rotatable bonds is 9. The molecule has 18 aliphatic rings. The molecule has 0 saturated carbocycles. The summed E-state index contributed by atoms with van der Waals surface area (Å²) in [5, 5.41) is 35.3. The lowest BCUT2D eigenvalue weighted by Crippen LogP contribution is -2.33. The molecule has 20 heteroatoms. The number of likely N-dealkylation sites (N-methyl/N-ethyl adjacent to an activating group) is 4. The third kappa shape index (κ3) is 14.6. The van der Waals surface area contributed by atoms with Crippen LogP contribution in [0, 0.1) is 0 Å². The van der Waals surface area contributed by atoms with Crippen molar-refractivity contribution >= 4 is 63.1 Å². The molecule has 1 atom stereocenters. The number of anilines is 2. The van der Waals surface area contributed by atoms with Crippen LogP contribution in [-0.4, -0.2) is 158 Å². The fraction of sp³-hybridized carbons (Fsp3) is 0.306. The minimum atomic E-state index is -1.44. The molecule has 2 aliphatic carbocycles. The largest absolute Gasteiger partial charge is 0.506 e. The first kappa shape index (κ1) is 60.8. The molecular weight excluding hydrogens is 1060 g/mol. The molecule has 0 amide bonds. The Balaban J connectivity index is 1.14. The van der Waals surface area contributed by atoms with Gasteiger partial charge in [0.25, 0.3) is 0 Å². The van der Waals surface area contributed by atoms with Gasteiger partial charge in [0.2, 0.25) is 28.6 Å². The van der Waals surface area contributed by atoms with Gasteiger partial charge < -0.3 is 63.0 Å². The number of carbonyl (C=O) groups is 5. The Bertz CT molecular complexity index is 3530. The lowest BCUT2D eigenvalue weighted by atomic mass is 9.81. The van der Waals surface area contributed by atoms with E-state index in [1.54, 1.807) is 72.8 Å². The van der Waals surface area contributed by atoms with Crippen molar-refractivity contribution in [3.8, 4) is 23.0 Å². The van der Waals surface area contributed by atoms with Crippen LogP contribution in [0.25, 0.3) is 22.3 Å². The second kappa shape index (κ2) is 28.6. The number of hydrogen-bond acceptors (Lipinski definition) is 18. The van der Waals surface area contributed by atoms with E-state index in [0.717, 1.165) is 18.2 Å². The van der Waals surface area contributed by atoms with Gasteiger partial charge in [0.05, 0.1) is 47.6 Å². The summed E-state index contributed by atoms with van der Waals surface area (Å²) in [5.74, 6) is -4.04. The molecule has 0 saturated heterocycles. The number of Topliss-reactive ketones (excluding diaryl/α,β-unsaturated/α-hetero) is 2. The number of aliphatic hydroxyl groups excluding tert-OH is 3. The third-order valence-corrected chi connectivity index (χ3v) is 13.6. The van der Waals surface area contributed by atoms with E-state index in [-0.39, 0.29) is 78.4 Å². The molecule has 430 valence electrons. The van der Waals surface area contributed by atoms with Crippen LogP contribution in [0.3, 0.4) is 0 Å². The van der Waals surface area contributed by atoms with Crippen molar-refractivity contribution in [1.29, 1.82) is 0 Å². The van der Waals surface area contributed by atoms with Crippen LogP contribution in [0.5, 0.6) is 23.0 Å². The first-order valence-electron chi connectivity index (χ1n) is 26.4. The maximum absolute atomic E-state index is 14.1. The highest BCUT2D eigenvalue weighted by atomic mass is 16.6. The molecule has 0 fully saturated rings. The molecule has 4 aromatic carbocycles. The summed E-state index contributed by atoms with van der Waals surface area (Å²) in [6.45, 7) is 18.8. The van der Waals surface area contributed by atoms with E-state index >= 15 is 0 Å². The molecule has 82 heavy (non-hydrogen) atoms. The van der Waals surface area contributed by atoms with Gasteiger partial charge in [-0.3, -0.25) is 9.59 Å². The lowest BCUT2D eigenvalue weighted by Gasteiger charge is -2.25. The molecule has 20 nitrogen and oxygen atoms in total. The maximum atomic E-state index is 14.1. The van der Waals surface area contributed by atoms with Crippen LogP contribution in [0.2, 0.25) is 0 Å². The van der Waals surface area contributed by atoms with Crippen LogP contribution >= 0.6 is 0 Å². The summed E-state index contributed by atoms with van der Waals surface area (Å²) >= 11 is 0. The van der Waals surface area contributed by atoms with E-state index in [2.05, 4.69) is 26.3 Å². The van der Waals surface area contributed by atoms with Crippen LogP contribution in [0.4, 0.5) is 11.4 Å². The fourth-order valence-electron chi connectivity index (χ4n) is 8.86. The van der Waals surface area contributed by atoms with Crippen LogP contribution in [0.1, 0.15) is 24.0 Å². The zero-order valence-electron chi connectivity index (χ0n) is 46.5. The number of allylic oxidation sites excluding steroid dienone is 4. The second-order valence-corrected chi connectivity index (χ2v) is 19.0. The molecule has 4 aromatic rings. The summed E-state index contributed by atoms with van der Waals surface area (Å²) in [6.07, 6.45) is 3.89. The van der Waals surface area contributed by atoms with E-state index in [1.807, 2.05) is 47.1 Å². The highest BCUT2D eigenvalue weighted by Gasteiger charge is 2.40. The highest BCUT2D eigenvalue weighted by molar-refractivity contribution is 6.52. The predicted octanol–water partition coefficient (Wildman–Crippen LogP) is 2.92. The Labute approximate surface area is 474 Å². The van der Waals surface area contributed by atoms with Crippen LogP contribution in [-0.2, 0) is 42.9 Å². The zero-order valence-corrected chi connectivity index (χ0v) is 46.5. The predicted molar refractivity (Wildman–Crippen MR) is 308 cm³/mol. The first-order chi connectivity index (χ1) is 39.5. The number of carbonyl (C=O) groups excluding carboxylic acids is 5. The SMILES string of the molecule is C=CC(=O)Oc1cc2ccc1C1=C(O)/C(=c3\cc/c(cc3OC(=O)C=C)=[N+](/C)CCOCCCOCC/[N+](C)=c3\cc/c(c(OC(O)C=C)c3)=C3/C(=O)C(=C3O)c3ccc(cc3OC(=O)C=C)N(C)CCOCCCOCCN2C)C1=O. The number of aliphatic hydroxyl groups is 3. The average Bonchev–Trinajstić information content (AvgIpc) is 3.24. The summed E-state index contributed by atoms with van der Waals surface area (Å²) in [4.78, 5) is 69.6. The first-order valence-corrected chi connectivity index (χ1v) is 26.4. The lowest BCUT2D eigenvalue weighted by molar-refractivity contribution is -0.129. The Hall–Kier alpha value is -8.79. The minimum absolute atomic E-state index is 0.00823. The molecule has 22 rings (SSSR count). The summed E-state index contributed by atoms with van der Waals surface area (Å²) in [6, 6.07) is 19.6. The topological polar surface area (TPSA) is 232 Å². The number of hydrogen-bond donors (Lipinski definition) is 3. The standard InChI is InChI=1S/C62H66N4O16/c1-9-51(67)79-47-35-39-15-19-43(47)55-59(71)56(60(55)72)44-20-16-40(36-48(44)80-52(68)10-2)64(6)24-32-77-29-14-30-78-34-26-66(8)42-18-22-46(50(38-42)82-54(70)12-4)58-61(73)57(62(58)74)45-21-17-41(37-49(45)81-53(69)11-3)65(7)25-33-76-28-13-27-75-31-23-63(39)5/h9-12,15-22,35-38,51,67H,1-4,13-14,23-34H2,5-8H3/p+2. The van der Waals surface area contributed by atoms with E-state index in [4.69, 9.17) is 37.9 Å². The molecule has 16 aliphatic heterocycles. The number of ether oxygens (including phenoxy) is 8. The molecule has 0 radical (unpaired) electrons. The normalized spacial score (nSPS) is 19.5. The van der Waals surface area contributed by atoms with Crippen molar-refractivity contribution in [3.05, 3.63) is 167 Å². The molecule has 16 heterocycles. The van der Waals surface area contributed by atoms with Gasteiger partial charge in [-0.15, -0.1) is 0 Å². The second-order valence-electron chi connectivity index (χ2n) is 19.0. The summed E-state index contributed by atoms with van der Waals surface area (Å²) in [5.41, 5.74) is 1.27. The quantitative estimate of drug-likeness (QED) is 0.0546. The molecular formula is C62H68N4O16+2. The Kier molecular flexibility index (Phi) is 21.2. The van der Waals surface area contributed by atoms with Gasteiger partial charge in [-0.1, -0.05) is 26.3 Å². The van der Waals surface area contributed by atoms with Gasteiger partial charge in [-0.2, -0.15) is 0 Å². The Morgan fingerprint density at radius 1 is 0.537 bits per heavy atom. The van der Waals surface area contributed by atoms with Crippen molar-refractivity contribution in [1.82, 2.24) is 9.15 Å². The molecule has 0 spiro atoms. The third-order valence-electron chi connectivity index (χ3n) is 13.6. The van der Waals surface area contributed by atoms with E-state index in [0.29, 0.717) is 114 Å². The average molecular weight is 1130 g/mol. The maximum Gasteiger partial charge on any atom is 0.335 e. The number of ketones is 2. The van der Waals surface area contributed by atoms with Gasteiger partial charge in [0.1, 0.15) is 61.8 Å². The number of nitrogens with zero attached hydrogens (tertiary/aromatic N) is 4. The van der Waals surface area contributed by atoms with Crippen LogP contribution < -0.4 is 59.1 Å². The minimum Gasteiger partial charge on any atom is -0.506 e. The smallest absolute Gasteiger partial charge is 0.335 e. The van der Waals surface area contributed by atoms with Gasteiger partial charge in [-0.25, -0.2) is 23.5 Å². The van der Waals surface area contributed by atoms with E-state index < -0.39 is 35.8 Å². The molecule has 12 bridgehead atoms. The van der Waals surface area contributed by atoms with Gasteiger partial charge in [0.15, 0.2) is 13.1 Å². The summed E-state index contributed by atoms with van der Waals surface area (Å²) < 4.78 is 50.0. The van der Waals surface area contributed by atoms with Crippen LogP contribution in [0.15, 0.2) is 135 Å². The monoisotopic (exact) mass is 1120 g/mol. The zero-order chi connectivity index (χ0) is 59.0. The van der Waals surface area contributed by atoms with Crippen molar-refractivity contribution in [2.24, 2.45) is 0 Å². The fourth-order valence-corrected chi connectivity index (χ4v) is 8.86. The molecule has 0 aromatic heterocycles. The van der Waals surface area contributed by atoms with Crippen molar-refractivity contribution in [2.45, 2.75) is 19.1 Å². The van der Waals surface area contributed by atoms with Gasteiger partial charge in [-0.05, 0) is 55.3 Å². The van der Waals surface area contributed by atoms with E-state index in [9.17, 15) is 39.3 Å². The highest BCUT2D eigenvalue weighted by Crippen LogP contribution is 2.43. The number of benzene rings is 4. The van der Waals surface area contributed by atoms with E-state index in [1.165, 1.54) is 6.08 Å². The van der Waals surface area contributed by atoms with Crippen molar-refractivity contribution in [3.63, 3.8) is 0 Å². The number of esters is 3. The van der Waals surface area contributed by atoms with Crippen molar-refractivity contribution < 1.29 is 77.2 Å². The summed E-state index contributed by atoms with van der Waals surface area (Å²) in [7, 11) is 7.30. The van der Waals surface area contributed by atoms with Gasteiger partial charge >= 0.3 is 17.9 Å². The Morgan fingerprint density at radius 2 is 0.927 bits per heavy atom.